The van der Waals surface area contributed by atoms with Crippen LogP contribution >= 0.6 is 0 Å². The summed E-state index contributed by atoms with van der Waals surface area (Å²) < 4.78 is 16.7. The van der Waals surface area contributed by atoms with Crippen LogP contribution in [0.25, 0.3) is 0 Å². The van der Waals surface area contributed by atoms with Gasteiger partial charge in [-0.1, -0.05) is 24.3 Å². The molecular formula is C17H19NO3. The van der Waals surface area contributed by atoms with Gasteiger partial charge in [0.05, 0.1) is 14.2 Å². The van der Waals surface area contributed by atoms with Crippen molar-refractivity contribution >= 4 is 0 Å². The van der Waals surface area contributed by atoms with Crippen LogP contribution in [-0.2, 0) is 0 Å². The second kappa shape index (κ2) is 5.66. The first kappa shape index (κ1) is 13.8. The van der Waals surface area contributed by atoms with Gasteiger partial charge < -0.3 is 19.9 Å². The van der Waals surface area contributed by atoms with Gasteiger partial charge in [0, 0.05) is 18.0 Å². The minimum absolute atomic E-state index is 0.0203. The largest absolute Gasteiger partial charge is 0.493 e. The Labute approximate surface area is 124 Å². The molecule has 1 aliphatic heterocycles. The Bertz CT molecular complexity index is 642. The van der Waals surface area contributed by atoms with E-state index in [4.69, 9.17) is 19.9 Å². The van der Waals surface area contributed by atoms with E-state index in [1.165, 1.54) is 0 Å². The van der Waals surface area contributed by atoms with Crippen LogP contribution in [0.15, 0.2) is 42.5 Å². The van der Waals surface area contributed by atoms with Crippen molar-refractivity contribution in [3.05, 3.63) is 53.6 Å². The Balaban J connectivity index is 1.92. The maximum Gasteiger partial charge on any atom is 0.161 e. The first-order chi connectivity index (χ1) is 10.2. The standard InChI is InChI=1S/C17H19NO3/c1-19-15-8-7-11(9-17(15)20-2)16-10-13(18)12-5-3-4-6-14(12)21-16/h3-9,13,16H,10,18H2,1-2H3/t13-,16?/m1/s1. The Kier molecular flexibility index (Phi) is 3.71. The first-order valence-electron chi connectivity index (χ1n) is 6.96. The summed E-state index contributed by atoms with van der Waals surface area (Å²) >= 11 is 0. The van der Waals surface area contributed by atoms with E-state index in [1.807, 2.05) is 42.5 Å². The zero-order valence-electron chi connectivity index (χ0n) is 12.2. The molecule has 0 saturated carbocycles. The van der Waals surface area contributed by atoms with Crippen LogP contribution in [0.1, 0.15) is 29.7 Å². The molecule has 0 spiro atoms. The number of nitrogens with two attached hydrogens (primary N) is 1. The highest BCUT2D eigenvalue weighted by molar-refractivity contribution is 5.45. The van der Waals surface area contributed by atoms with Crippen LogP contribution in [0, 0.1) is 0 Å². The van der Waals surface area contributed by atoms with Crippen molar-refractivity contribution in [3.63, 3.8) is 0 Å². The van der Waals surface area contributed by atoms with Crippen LogP contribution in [0.4, 0.5) is 0 Å². The fraction of sp³-hybridized carbons (Fsp3) is 0.294. The fourth-order valence-electron chi connectivity index (χ4n) is 2.71. The zero-order chi connectivity index (χ0) is 14.8. The molecule has 0 aromatic heterocycles. The Morgan fingerprint density at radius 3 is 2.57 bits per heavy atom. The van der Waals surface area contributed by atoms with Crippen LogP contribution in [-0.4, -0.2) is 14.2 Å². The summed E-state index contributed by atoms with van der Waals surface area (Å²) in [4.78, 5) is 0. The maximum atomic E-state index is 6.26. The predicted octanol–water partition coefficient (Wildman–Crippen LogP) is 3.23. The average Bonchev–Trinajstić information content (AvgIpc) is 2.54. The molecule has 21 heavy (non-hydrogen) atoms. The normalized spacial score (nSPS) is 20.3. The molecule has 110 valence electrons. The topological polar surface area (TPSA) is 53.7 Å². The summed E-state index contributed by atoms with van der Waals surface area (Å²) in [7, 11) is 3.26. The van der Waals surface area contributed by atoms with Crippen LogP contribution < -0.4 is 19.9 Å². The predicted molar refractivity (Wildman–Crippen MR) is 80.9 cm³/mol. The van der Waals surface area contributed by atoms with Crippen molar-refractivity contribution in [1.29, 1.82) is 0 Å². The van der Waals surface area contributed by atoms with Crippen molar-refractivity contribution in [2.75, 3.05) is 14.2 Å². The number of para-hydroxylation sites is 1. The van der Waals surface area contributed by atoms with Crippen molar-refractivity contribution in [3.8, 4) is 17.2 Å². The molecule has 2 aromatic rings. The highest BCUT2D eigenvalue weighted by Gasteiger charge is 2.27. The molecule has 2 atom stereocenters. The first-order valence-corrected chi connectivity index (χ1v) is 6.96. The van der Waals surface area contributed by atoms with Crippen LogP contribution in [0.2, 0.25) is 0 Å². The van der Waals surface area contributed by atoms with Gasteiger partial charge in [-0.2, -0.15) is 0 Å². The molecular weight excluding hydrogens is 266 g/mol. The molecule has 0 saturated heterocycles. The zero-order valence-corrected chi connectivity index (χ0v) is 12.2. The molecule has 0 amide bonds. The summed E-state index contributed by atoms with van der Waals surface area (Å²) in [5.41, 5.74) is 8.37. The third-order valence-electron chi connectivity index (χ3n) is 3.84. The van der Waals surface area contributed by atoms with Gasteiger partial charge in [-0.15, -0.1) is 0 Å². The van der Waals surface area contributed by atoms with E-state index in [0.29, 0.717) is 11.5 Å². The van der Waals surface area contributed by atoms with Crippen molar-refractivity contribution in [1.82, 2.24) is 0 Å². The molecule has 1 aliphatic rings. The molecule has 0 aliphatic carbocycles. The van der Waals surface area contributed by atoms with Gasteiger partial charge in [-0.3, -0.25) is 0 Å². The van der Waals surface area contributed by atoms with E-state index in [-0.39, 0.29) is 12.1 Å². The third kappa shape index (κ3) is 2.54. The molecule has 0 bridgehead atoms. The molecule has 1 heterocycles. The van der Waals surface area contributed by atoms with Crippen molar-refractivity contribution < 1.29 is 14.2 Å². The minimum atomic E-state index is -0.0743. The van der Waals surface area contributed by atoms with Crippen LogP contribution in [0.3, 0.4) is 0 Å². The summed E-state index contributed by atoms with van der Waals surface area (Å²) in [6, 6.07) is 13.7. The minimum Gasteiger partial charge on any atom is -0.493 e. The lowest BCUT2D eigenvalue weighted by atomic mass is 9.93. The van der Waals surface area contributed by atoms with Gasteiger partial charge in [-0.25, -0.2) is 0 Å². The van der Waals surface area contributed by atoms with Gasteiger partial charge in [0.25, 0.3) is 0 Å². The molecule has 4 heteroatoms. The smallest absolute Gasteiger partial charge is 0.161 e. The van der Waals surface area contributed by atoms with Gasteiger partial charge in [0.15, 0.2) is 11.5 Å². The van der Waals surface area contributed by atoms with Gasteiger partial charge in [-0.05, 0) is 23.8 Å². The molecule has 3 rings (SSSR count). The number of hydrogen-bond donors (Lipinski definition) is 1. The van der Waals surface area contributed by atoms with E-state index in [9.17, 15) is 0 Å². The molecule has 2 N–H and O–H groups in total. The second-order valence-electron chi connectivity index (χ2n) is 5.10. The van der Waals surface area contributed by atoms with E-state index in [1.54, 1.807) is 14.2 Å². The maximum absolute atomic E-state index is 6.26. The van der Waals surface area contributed by atoms with E-state index < -0.39 is 0 Å². The quantitative estimate of drug-likeness (QED) is 0.940. The second-order valence-corrected chi connectivity index (χ2v) is 5.10. The molecule has 2 aromatic carbocycles. The van der Waals surface area contributed by atoms with Crippen molar-refractivity contribution in [2.24, 2.45) is 5.73 Å². The van der Waals surface area contributed by atoms with Gasteiger partial charge in [0.2, 0.25) is 0 Å². The molecule has 0 radical (unpaired) electrons. The third-order valence-corrected chi connectivity index (χ3v) is 3.84. The van der Waals surface area contributed by atoms with Crippen LogP contribution in [0.5, 0.6) is 17.2 Å². The fourth-order valence-corrected chi connectivity index (χ4v) is 2.71. The monoisotopic (exact) mass is 285 g/mol. The number of hydrogen-bond acceptors (Lipinski definition) is 4. The molecule has 1 unspecified atom stereocenters. The Hall–Kier alpha value is -2.20. The summed E-state index contributed by atoms with van der Waals surface area (Å²) in [5.74, 6) is 2.27. The van der Waals surface area contributed by atoms with E-state index >= 15 is 0 Å². The highest BCUT2D eigenvalue weighted by Crippen LogP contribution is 2.41. The lowest BCUT2D eigenvalue weighted by Crippen LogP contribution is -2.24. The average molecular weight is 285 g/mol. The van der Waals surface area contributed by atoms with Gasteiger partial charge >= 0.3 is 0 Å². The number of methoxy groups -OCH3 is 2. The SMILES string of the molecule is COc1ccc(C2C[C@@H](N)c3ccccc3O2)cc1OC. The lowest BCUT2D eigenvalue weighted by Gasteiger charge is -2.30. The number of benzene rings is 2. The van der Waals surface area contributed by atoms with E-state index in [2.05, 4.69) is 0 Å². The molecule has 0 fully saturated rings. The number of ether oxygens (including phenoxy) is 3. The summed E-state index contributed by atoms with van der Waals surface area (Å²) in [6.45, 7) is 0. The Morgan fingerprint density at radius 2 is 1.81 bits per heavy atom. The lowest BCUT2D eigenvalue weighted by molar-refractivity contribution is 0.161. The van der Waals surface area contributed by atoms with E-state index in [0.717, 1.165) is 23.3 Å². The number of fused-ring (bicyclic) bond motifs is 1. The Morgan fingerprint density at radius 1 is 1.05 bits per heavy atom. The molecule has 4 nitrogen and oxygen atoms in total. The van der Waals surface area contributed by atoms with Gasteiger partial charge in [0.1, 0.15) is 11.9 Å². The summed E-state index contributed by atoms with van der Waals surface area (Å²) in [6.07, 6.45) is 0.668. The highest BCUT2D eigenvalue weighted by atomic mass is 16.5. The van der Waals surface area contributed by atoms with Crippen molar-refractivity contribution in [2.45, 2.75) is 18.6 Å². The summed E-state index contributed by atoms with van der Waals surface area (Å²) in [5, 5.41) is 0. The number of rotatable bonds is 3.